The molecule has 2 heterocycles. The van der Waals surface area contributed by atoms with E-state index in [9.17, 15) is 42.7 Å². The summed E-state index contributed by atoms with van der Waals surface area (Å²) in [6.07, 6.45) is -1.13. The third-order valence-electron chi connectivity index (χ3n) is 20.0. The predicted molar refractivity (Wildman–Crippen MR) is 466 cm³/mol. The van der Waals surface area contributed by atoms with Gasteiger partial charge in [0.25, 0.3) is 0 Å². The first kappa shape index (κ1) is 83.1. The zero-order valence-corrected chi connectivity index (χ0v) is 69.9. The number of benzene rings is 14. The Morgan fingerprint density at radius 2 is 0.793 bits per heavy atom. The van der Waals surface area contributed by atoms with Crippen LogP contribution in [0.3, 0.4) is 0 Å². The lowest BCUT2D eigenvalue weighted by Crippen LogP contribution is -2.28. The summed E-state index contributed by atoms with van der Waals surface area (Å²) in [5.41, 5.74) is 5.80. The normalized spacial score (nSPS) is 15.8. The molecule has 0 radical (unpaired) electrons. The van der Waals surface area contributed by atoms with Crippen LogP contribution in [0.4, 0.5) is 0 Å². The van der Waals surface area contributed by atoms with E-state index in [1.165, 1.54) is 51.0 Å². The molecule has 0 aromatic heterocycles. The fourth-order valence-electron chi connectivity index (χ4n) is 13.9. The predicted octanol–water partition coefficient (Wildman–Crippen LogP) is 19.1. The molecule has 0 fully saturated rings. The van der Waals surface area contributed by atoms with Crippen molar-refractivity contribution >= 4 is 103 Å². The SMILES string of the molecule is CC(=O)c1cccc(P(C)(=O)c2cccc(C(OO)c3ccc(OC(=O)c4ccccc4)c(P4(=O)Oc5ccccc5-c5ccccc54)c3)c2)c1.COc1ccc(OC(=O)c2cccc(P(C)(=O)c3cccc(COOc4cccc(OP(C)(=O)Oc5cccc(OC(=O)c6ccccc6)c5)c4)c3)c2)cc1P1(=O)Oc2ccccc2-c2ccccc21. The van der Waals surface area contributed by atoms with Crippen LogP contribution in [0.25, 0.3) is 22.3 Å². The summed E-state index contributed by atoms with van der Waals surface area (Å²) in [7, 11) is -16.6. The summed E-state index contributed by atoms with van der Waals surface area (Å²) in [5, 5.41) is 13.5. The van der Waals surface area contributed by atoms with Gasteiger partial charge in [0.1, 0.15) is 73.0 Å². The number of hydrogen-bond acceptors (Lipinski definition) is 21. The minimum absolute atomic E-state index is 0.0129. The molecule has 6 atom stereocenters. The smallest absolute Gasteiger partial charge is 0.427 e. The number of ether oxygens (including phenoxy) is 4. The van der Waals surface area contributed by atoms with Crippen molar-refractivity contribution in [1.29, 1.82) is 0 Å². The second-order valence-electron chi connectivity index (χ2n) is 28.3. The maximum Gasteiger partial charge on any atom is 0.427 e. The lowest BCUT2D eigenvalue weighted by molar-refractivity contribution is -0.270. The summed E-state index contributed by atoms with van der Waals surface area (Å²) in [4.78, 5) is 67.8. The number of Topliss-reactive ketones (excluding diaryl/α,β-unsaturated/α-hetero) is 1. The first-order valence-electron chi connectivity index (χ1n) is 37.8. The second kappa shape index (κ2) is 35.5. The fourth-order valence-corrected chi connectivity index (χ4v) is 23.5. The molecule has 0 amide bonds. The van der Waals surface area contributed by atoms with Crippen molar-refractivity contribution in [3.05, 3.63) is 379 Å². The molecule has 6 unspecified atom stereocenters. The number of esters is 3. The molecule has 0 saturated heterocycles. The van der Waals surface area contributed by atoms with Gasteiger partial charge < -0.3 is 51.1 Å². The maximum absolute atomic E-state index is 15.4. The van der Waals surface area contributed by atoms with Crippen LogP contribution in [-0.4, -0.2) is 56.1 Å². The average molecular weight is 1710 g/mol. The Bertz CT molecular complexity index is 6590. The number of carbonyl (C=O) groups is 4. The molecular formula is C95H75O21P5. The Morgan fingerprint density at radius 3 is 1.36 bits per heavy atom. The van der Waals surface area contributed by atoms with E-state index >= 15 is 4.57 Å². The van der Waals surface area contributed by atoms with Gasteiger partial charge in [-0.25, -0.2) is 23.8 Å². The first-order chi connectivity index (χ1) is 58.4. The largest absolute Gasteiger partial charge is 0.496 e. The highest BCUT2D eigenvalue weighted by Crippen LogP contribution is 2.58. The number of methoxy groups -OCH3 is 1. The Labute approximate surface area is 697 Å². The Kier molecular flexibility index (Phi) is 24.4. The molecule has 0 aliphatic carbocycles. The van der Waals surface area contributed by atoms with Gasteiger partial charge in [0, 0.05) is 50.0 Å². The Hall–Kier alpha value is -13.0. The molecule has 121 heavy (non-hydrogen) atoms. The highest BCUT2D eigenvalue weighted by molar-refractivity contribution is 7.78. The van der Waals surface area contributed by atoms with Crippen LogP contribution in [-0.2, 0) is 39.2 Å². The quantitative estimate of drug-likeness (QED) is 0.0139. The number of fused-ring (bicyclic) bond motifs is 6. The van der Waals surface area contributed by atoms with E-state index in [0.29, 0.717) is 88.0 Å². The van der Waals surface area contributed by atoms with Crippen molar-refractivity contribution in [2.24, 2.45) is 0 Å². The topological polar surface area (TPSA) is 275 Å². The van der Waals surface area contributed by atoms with Gasteiger partial charge in [0.15, 0.2) is 11.5 Å². The van der Waals surface area contributed by atoms with E-state index in [0.717, 1.165) is 16.7 Å². The van der Waals surface area contributed by atoms with Gasteiger partial charge in [-0.15, -0.1) is 0 Å². The van der Waals surface area contributed by atoms with Crippen LogP contribution in [0.2, 0.25) is 0 Å². The first-order valence-corrected chi connectivity index (χ1v) is 47.3. The number of hydrogen-bond donors (Lipinski definition) is 1. The van der Waals surface area contributed by atoms with E-state index < -0.39 is 60.6 Å². The highest BCUT2D eigenvalue weighted by Gasteiger charge is 2.43. The molecular weight excluding hydrogens is 1630 g/mol. The van der Waals surface area contributed by atoms with Crippen molar-refractivity contribution in [3.63, 3.8) is 0 Å². The third-order valence-corrected chi connectivity index (χ3v) is 31.1. The molecule has 16 rings (SSSR count). The molecule has 14 aromatic carbocycles. The van der Waals surface area contributed by atoms with Gasteiger partial charge in [-0.1, -0.05) is 194 Å². The summed E-state index contributed by atoms with van der Waals surface area (Å²) >= 11 is 0. The lowest BCUT2D eigenvalue weighted by atomic mass is 10.0. The maximum atomic E-state index is 15.4. The zero-order chi connectivity index (χ0) is 84.6. The molecule has 2 aliphatic rings. The monoisotopic (exact) mass is 1710 g/mol. The molecule has 26 heteroatoms. The number of carbonyl (C=O) groups excluding carboxylic acids is 4. The van der Waals surface area contributed by atoms with Gasteiger partial charge in [-0.2, -0.15) is 4.89 Å². The number of para-hydroxylation sites is 2. The van der Waals surface area contributed by atoms with Crippen molar-refractivity contribution in [2.75, 3.05) is 27.1 Å². The molecule has 2 aliphatic heterocycles. The Morgan fingerprint density at radius 1 is 0.372 bits per heavy atom. The summed E-state index contributed by atoms with van der Waals surface area (Å²) in [6, 6.07) is 94.8. The van der Waals surface area contributed by atoms with Gasteiger partial charge in [0.2, 0.25) is 0 Å². The van der Waals surface area contributed by atoms with Gasteiger partial charge in [-0.3, -0.25) is 19.2 Å². The van der Waals surface area contributed by atoms with Crippen LogP contribution in [0.5, 0.6) is 51.7 Å². The summed E-state index contributed by atoms with van der Waals surface area (Å²) < 4.78 is 120. The Balaban J connectivity index is 0.000000198. The van der Waals surface area contributed by atoms with Crippen LogP contribution in [0, 0.1) is 0 Å². The van der Waals surface area contributed by atoms with Crippen LogP contribution < -0.4 is 84.4 Å². The van der Waals surface area contributed by atoms with Crippen molar-refractivity contribution < 1.29 is 99.0 Å². The van der Waals surface area contributed by atoms with Crippen LogP contribution >= 0.6 is 36.6 Å². The molecule has 0 saturated carbocycles. The molecule has 14 aromatic rings. The zero-order valence-electron chi connectivity index (χ0n) is 65.5. The van der Waals surface area contributed by atoms with E-state index in [1.54, 1.807) is 268 Å². The fraction of sp³-hybridized carbons (Fsp3) is 0.0737. The lowest BCUT2D eigenvalue weighted by Gasteiger charge is -2.30. The molecule has 1 N–H and O–H groups in total. The molecule has 0 spiro atoms. The average Bonchev–Trinajstić information content (AvgIpc) is 0.723. The minimum Gasteiger partial charge on any atom is -0.496 e. The summed E-state index contributed by atoms with van der Waals surface area (Å²) in [6.45, 7) is 5.95. The molecule has 21 nitrogen and oxygen atoms in total. The standard InChI is InChI=1S/C54H43O13P3.C41H32O8P2/c1-60-50-30-29-41(35-52(50)70(59)51-28-10-8-26-48(51)47-25-7-9-27-49(47)67-70)63-54(56)39-18-12-24-46(32-39)68(2,57)45-23-11-15-37(31-45)36-61-64-42-20-14-22-44(34-42)66-69(3,58)65-43-21-13-19-40(33-43)62-53(55)38-16-5-4-6-17-38;1-27(42)29-14-10-16-32(24-29)50(2,45)33-17-11-15-30(25-33)40(48-44)31-22-23-37(47-41(43)28-12-4-3-5-13-28)39(26-31)51(46)38-21-9-7-19-35(38)34-18-6-8-20-36(34)49-51/h4-35H,36H2,1-3H3;3-26,40,44H,1-2H3. The third kappa shape index (κ3) is 18.1. The van der Waals surface area contributed by atoms with Crippen LogP contribution in [0.15, 0.2) is 340 Å². The van der Waals surface area contributed by atoms with E-state index in [-0.39, 0.29) is 63.1 Å². The van der Waals surface area contributed by atoms with E-state index in [1.807, 2.05) is 54.6 Å². The van der Waals surface area contributed by atoms with Crippen molar-refractivity contribution in [2.45, 2.75) is 19.6 Å². The van der Waals surface area contributed by atoms with Crippen molar-refractivity contribution in [3.8, 4) is 74.0 Å². The molecule has 0 bridgehead atoms. The van der Waals surface area contributed by atoms with E-state index in [2.05, 4.69) is 0 Å². The number of ketones is 1. The number of rotatable bonds is 25. The van der Waals surface area contributed by atoms with Crippen LogP contribution in [0.1, 0.15) is 71.2 Å². The minimum atomic E-state index is -4.02. The van der Waals surface area contributed by atoms with Gasteiger partial charge >= 0.3 is 40.2 Å². The highest BCUT2D eigenvalue weighted by atomic mass is 31.2. The van der Waals surface area contributed by atoms with Crippen molar-refractivity contribution in [1.82, 2.24) is 0 Å². The summed E-state index contributed by atoms with van der Waals surface area (Å²) in [5.74, 6) is 0.000556. The van der Waals surface area contributed by atoms with Gasteiger partial charge in [-0.05, 0) is 182 Å². The van der Waals surface area contributed by atoms with Gasteiger partial charge in [0.05, 0.1) is 51.7 Å². The van der Waals surface area contributed by atoms with E-state index in [4.69, 9.17) is 51.7 Å². The molecule has 606 valence electrons. The second-order valence-corrected chi connectivity index (χ2v) is 40.4.